The first kappa shape index (κ1) is 7.27. The summed E-state index contributed by atoms with van der Waals surface area (Å²) in [6.45, 7) is 2.35. The van der Waals surface area contributed by atoms with Crippen LogP contribution in [-0.4, -0.2) is 28.7 Å². The number of nitrogens with zero attached hydrogens (tertiary/aromatic N) is 1. The maximum absolute atomic E-state index is 10.9. The lowest BCUT2D eigenvalue weighted by atomic mass is 10.4. The molecule has 1 heterocycles. The minimum Gasteiger partial charge on any atom is -0.308 e. The Hall–Kier alpha value is 0.160. The highest BCUT2D eigenvalue weighted by molar-refractivity contribution is 14.1. The molecule has 1 aliphatic heterocycles. The second kappa shape index (κ2) is 3.36. The molecule has 0 unspecified atom stereocenters. The molecule has 0 aromatic carbocycles. The Kier molecular flexibility index (Phi) is 2.71. The fourth-order valence-corrected chi connectivity index (χ4v) is 1.26. The standard InChI is InChI=1S/C5H9IN2O/c6-8-3-1-2-7-4-5(8)9/h7H,1-4H2. The van der Waals surface area contributed by atoms with Crippen LogP contribution in [0.5, 0.6) is 0 Å². The average Bonchev–Trinajstić information content (AvgIpc) is 1.99. The van der Waals surface area contributed by atoms with Crippen molar-refractivity contribution in [1.82, 2.24) is 8.43 Å². The van der Waals surface area contributed by atoms with Crippen molar-refractivity contribution in [2.24, 2.45) is 0 Å². The van der Waals surface area contributed by atoms with Crippen molar-refractivity contribution in [2.45, 2.75) is 6.42 Å². The van der Waals surface area contributed by atoms with Crippen LogP contribution in [-0.2, 0) is 4.79 Å². The quantitative estimate of drug-likeness (QED) is 0.483. The molecule has 0 bridgehead atoms. The first-order valence-corrected chi connectivity index (χ1v) is 3.94. The van der Waals surface area contributed by atoms with Crippen LogP contribution >= 0.6 is 22.9 Å². The van der Waals surface area contributed by atoms with Gasteiger partial charge in [-0.3, -0.25) is 7.91 Å². The van der Waals surface area contributed by atoms with E-state index < -0.39 is 0 Å². The highest BCUT2D eigenvalue weighted by Crippen LogP contribution is 2.02. The summed E-state index contributed by atoms with van der Waals surface area (Å²) in [6.07, 6.45) is 1.06. The van der Waals surface area contributed by atoms with Crippen LogP contribution in [0.3, 0.4) is 0 Å². The predicted octanol–water partition coefficient (Wildman–Crippen LogP) is 0.158. The lowest BCUT2D eigenvalue weighted by molar-refractivity contribution is -0.123. The van der Waals surface area contributed by atoms with Crippen molar-refractivity contribution >= 4 is 28.8 Å². The van der Waals surface area contributed by atoms with Crippen LogP contribution in [0.15, 0.2) is 0 Å². The topological polar surface area (TPSA) is 32.3 Å². The van der Waals surface area contributed by atoms with Crippen molar-refractivity contribution in [3.63, 3.8) is 0 Å². The van der Waals surface area contributed by atoms with Gasteiger partial charge >= 0.3 is 0 Å². The summed E-state index contributed by atoms with van der Waals surface area (Å²) < 4.78 is 1.73. The number of amides is 1. The maximum atomic E-state index is 10.9. The SMILES string of the molecule is O=C1CNCCCN1I. The van der Waals surface area contributed by atoms with E-state index in [0.717, 1.165) is 19.5 Å². The average molecular weight is 240 g/mol. The number of carbonyl (C=O) groups is 1. The molecule has 0 aliphatic carbocycles. The molecule has 0 spiro atoms. The van der Waals surface area contributed by atoms with E-state index in [9.17, 15) is 4.79 Å². The Labute approximate surface area is 68.3 Å². The van der Waals surface area contributed by atoms with Crippen LogP contribution in [0.4, 0.5) is 0 Å². The van der Waals surface area contributed by atoms with Crippen LogP contribution < -0.4 is 5.32 Å². The first-order chi connectivity index (χ1) is 4.30. The fraction of sp³-hybridized carbons (Fsp3) is 0.800. The van der Waals surface area contributed by atoms with Gasteiger partial charge < -0.3 is 5.32 Å². The molecule has 0 aromatic heterocycles. The molecule has 1 saturated heterocycles. The monoisotopic (exact) mass is 240 g/mol. The molecular weight excluding hydrogens is 231 g/mol. The zero-order valence-corrected chi connectivity index (χ0v) is 7.22. The van der Waals surface area contributed by atoms with Gasteiger partial charge in [0.1, 0.15) is 0 Å². The lowest BCUT2D eigenvalue weighted by Crippen LogP contribution is -2.27. The van der Waals surface area contributed by atoms with Crippen LogP contribution in [0.25, 0.3) is 0 Å². The summed E-state index contributed by atoms with van der Waals surface area (Å²) >= 11 is 2.05. The third kappa shape index (κ3) is 2.09. The van der Waals surface area contributed by atoms with Gasteiger partial charge in [0, 0.05) is 6.54 Å². The van der Waals surface area contributed by atoms with Crippen LogP contribution in [0.1, 0.15) is 6.42 Å². The van der Waals surface area contributed by atoms with E-state index in [1.807, 2.05) is 0 Å². The number of halogens is 1. The van der Waals surface area contributed by atoms with Crippen molar-refractivity contribution in [2.75, 3.05) is 19.6 Å². The molecular formula is C5H9IN2O. The number of hydrogen-bond donors (Lipinski definition) is 1. The van der Waals surface area contributed by atoms with Gasteiger partial charge in [-0.1, -0.05) is 0 Å². The molecule has 1 N–H and O–H groups in total. The smallest absolute Gasteiger partial charge is 0.245 e. The van der Waals surface area contributed by atoms with Crippen LogP contribution in [0, 0.1) is 0 Å². The predicted molar refractivity (Wildman–Crippen MR) is 43.2 cm³/mol. The number of nitrogens with one attached hydrogen (secondary N) is 1. The van der Waals surface area contributed by atoms with E-state index in [1.54, 1.807) is 3.11 Å². The summed E-state index contributed by atoms with van der Waals surface area (Å²) in [4.78, 5) is 10.9. The zero-order chi connectivity index (χ0) is 6.69. The lowest BCUT2D eigenvalue weighted by Gasteiger charge is -2.08. The summed E-state index contributed by atoms with van der Waals surface area (Å²) in [5.74, 6) is 0.188. The first-order valence-electron chi connectivity index (χ1n) is 2.97. The molecule has 0 aromatic rings. The fourth-order valence-electron chi connectivity index (χ4n) is 0.749. The molecule has 0 atom stereocenters. The van der Waals surface area contributed by atoms with Gasteiger partial charge in [-0.05, 0) is 13.0 Å². The summed E-state index contributed by atoms with van der Waals surface area (Å²) in [5, 5.41) is 3.03. The molecule has 4 heteroatoms. The van der Waals surface area contributed by atoms with Gasteiger partial charge in [-0.15, -0.1) is 0 Å². The van der Waals surface area contributed by atoms with E-state index in [0.29, 0.717) is 6.54 Å². The normalized spacial score (nSPS) is 21.9. The molecule has 0 saturated carbocycles. The minimum absolute atomic E-state index is 0.188. The third-order valence-electron chi connectivity index (χ3n) is 1.25. The van der Waals surface area contributed by atoms with Crippen molar-refractivity contribution in [3.8, 4) is 0 Å². The van der Waals surface area contributed by atoms with Gasteiger partial charge in [0.15, 0.2) is 0 Å². The van der Waals surface area contributed by atoms with E-state index in [1.165, 1.54) is 0 Å². The molecule has 1 fully saturated rings. The number of carbonyl (C=O) groups excluding carboxylic acids is 1. The van der Waals surface area contributed by atoms with Crippen molar-refractivity contribution in [3.05, 3.63) is 0 Å². The third-order valence-corrected chi connectivity index (χ3v) is 2.28. The van der Waals surface area contributed by atoms with E-state index >= 15 is 0 Å². The summed E-state index contributed by atoms with van der Waals surface area (Å²) in [6, 6.07) is 0. The highest BCUT2D eigenvalue weighted by atomic mass is 127. The molecule has 52 valence electrons. The molecule has 9 heavy (non-hydrogen) atoms. The van der Waals surface area contributed by atoms with Crippen molar-refractivity contribution < 1.29 is 4.79 Å². The van der Waals surface area contributed by atoms with Gasteiger partial charge in [-0.2, -0.15) is 0 Å². The number of rotatable bonds is 0. The molecule has 1 aliphatic rings. The zero-order valence-electron chi connectivity index (χ0n) is 5.06. The maximum Gasteiger partial charge on any atom is 0.245 e. The second-order valence-electron chi connectivity index (χ2n) is 2.01. The highest BCUT2D eigenvalue weighted by Gasteiger charge is 2.11. The van der Waals surface area contributed by atoms with E-state index in [2.05, 4.69) is 28.2 Å². The van der Waals surface area contributed by atoms with E-state index in [-0.39, 0.29) is 5.91 Å². The van der Waals surface area contributed by atoms with Gasteiger partial charge in [0.05, 0.1) is 29.4 Å². The number of hydrogen-bond acceptors (Lipinski definition) is 2. The summed E-state index contributed by atoms with van der Waals surface area (Å²) in [5.41, 5.74) is 0. The van der Waals surface area contributed by atoms with Crippen molar-refractivity contribution in [1.29, 1.82) is 0 Å². The minimum atomic E-state index is 0.188. The van der Waals surface area contributed by atoms with E-state index in [4.69, 9.17) is 0 Å². The van der Waals surface area contributed by atoms with Gasteiger partial charge in [0.2, 0.25) is 5.91 Å². The van der Waals surface area contributed by atoms with Gasteiger partial charge in [-0.25, -0.2) is 0 Å². The summed E-state index contributed by atoms with van der Waals surface area (Å²) in [7, 11) is 0. The second-order valence-corrected chi connectivity index (χ2v) is 3.17. The Morgan fingerprint density at radius 1 is 1.67 bits per heavy atom. The van der Waals surface area contributed by atoms with Gasteiger partial charge in [0.25, 0.3) is 0 Å². The Balaban J connectivity index is 2.41. The molecule has 3 nitrogen and oxygen atoms in total. The Morgan fingerprint density at radius 2 is 2.44 bits per heavy atom. The van der Waals surface area contributed by atoms with Crippen LogP contribution in [0.2, 0.25) is 0 Å². The Morgan fingerprint density at radius 3 is 3.22 bits per heavy atom. The largest absolute Gasteiger partial charge is 0.308 e. The molecule has 1 amide bonds. The molecule has 1 rings (SSSR count). The Bertz CT molecular complexity index is 118. The molecule has 0 radical (unpaired) electrons.